The first kappa shape index (κ1) is 19.2. The maximum Gasteiger partial charge on any atom is 0.339 e. The molecular formula is C22H17F2NO3. The Balaban J connectivity index is 2.07. The number of rotatable bonds is 4. The molecule has 0 spiro atoms. The van der Waals surface area contributed by atoms with Gasteiger partial charge in [-0.2, -0.15) is 0 Å². The lowest BCUT2D eigenvalue weighted by Crippen LogP contribution is -2.18. The number of ether oxygens (including phenoxy) is 1. The highest BCUT2D eigenvalue weighted by atomic mass is 19.1. The van der Waals surface area contributed by atoms with Crippen molar-refractivity contribution in [3.63, 3.8) is 0 Å². The van der Waals surface area contributed by atoms with E-state index >= 15 is 0 Å². The monoisotopic (exact) mass is 381 g/mol. The summed E-state index contributed by atoms with van der Waals surface area (Å²) in [6, 6.07) is 15.7. The molecule has 4 nitrogen and oxygen atoms in total. The third-order valence-corrected chi connectivity index (χ3v) is 4.29. The van der Waals surface area contributed by atoms with E-state index in [4.69, 9.17) is 4.74 Å². The van der Waals surface area contributed by atoms with Gasteiger partial charge in [-0.25, -0.2) is 13.6 Å². The molecule has 142 valence electrons. The number of anilines is 1. The van der Waals surface area contributed by atoms with Crippen molar-refractivity contribution >= 4 is 17.6 Å². The Bertz CT molecular complexity index is 1030. The summed E-state index contributed by atoms with van der Waals surface area (Å²) in [6.07, 6.45) is 0. The minimum atomic E-state index is -0.993. The van der Waals surface area contributed by atoms with Gasteiger partial charge in [0.05, 0.1) is 18.4 Å². The molecule has 3 aromatic rings. The van der Waals surface area contributed by atoms with Gasteiger partial charge in [0.2, 0.25) is 0 Å². The van der Waals surface area contributed by atoms with Gasteiger partial charge in [0.15, 0.2) is 0 Å². The Morgan fingerprint density at radius 2 is 1.57 bits per heavy atom. The second-order valence-corrected chi connectivity index (χ2v) is 6.12. The molecule has 0 aliphatic carbocycles. The van der Waals surface area contributed by atoms with Gasteiger partial charge in [0.1, 0.15) is 17.2 Å². The molecule has 0 aliphatic heterocycles. The Labute approximate surface area is 160 Å². The lowest BCUT2D eigenvalue weighted by molar-refractivity contribution is 0.0602. The quantitative estimate of drug-likeness (QED) is 0.649. The van der Waals surface area contributed by atoms with E-state index in [0.717, 1.165) is 28.8 Å². The highest BCUT2D eigenvalue weighted by molar-refractivity contribution is 6.09. The van der Waals surface area contributed by atoms with Crippen LogP contribution in [0.2, 0.25) is 0 Å². The molecule has 0 fully saturated rings. The van der Waals surface area contributed by atoms with Gasteiger partial charge in [0, 0.05) is 0 Å². The van der Waals surface area contributed by atoms with Crippen molar-refractivity contribution in [3.8, 4) is 11.1 Å². The van der Waals surface area contributed by atoms with Crippen LogP contribution in [-0.2, 0) is 4.74 Å². The summed E-state index contributed by atoms with van der Waals surface area (Å²) in [6.45, 7) is 1.81. The summed E-state index contributed by atoms with van der Waals surface area (Å²) in [5, 5.41) is 2.42. The van der Waals surface area contributed by atoms with Gasteiger partial charge in [0.25, 0.3) is 5.91 Å². The van der Waals surface area contributed by atoms with Crippen LogP contribution in [-0.4, -0.2) is 19.0 Å². The standard InChI is InChI=1S/C22H17F2NO3/c1-13-11-19(25-21(26)20-17(23)9-6-10-18(20)24)16(22(27)28-2)12-15(13)14-7-4-3-5-8-14/h3-12H,1-2H3,(H,25,26). The summed E-state index contributed by atoms with van der Waals surface area (Å²) in [5.41, 5.74) is 1.89. The predicted molar refractivity (Wildman–Crippen MR) is 102 cm³/mol. The van der Waals surface area contributed by atoms with Gasteiger partial charge in [-0.15, -0.1) is 0 Å². The number of nitrogens with one attached hydrogen (secondary N) is 1. The van der Waals surface area contributed by atoms with Crippen LogP contribution in [0.25, 0.3) is 11.1 Å². The van der Waals surface area contributed by atoms with E-state index in [1.54, 1.807) is 12.1 Å². The first-order chi connectivity index (χ1) is 13.4. The number of methoxy groups -OCH3 is 1. The molecule has 0 atom stereocenters. The molecule has 3 aromatic carbocycles. The molecule has 6 heteroatoms. The number of aryl methyl sites for hydroxylation is 1. The van der Waals surface area contributed by atoms with Crippen molar-refractivity contribution < 1.29 is 23.1 Å². The Hall–Kier alpha value is -3.54. The lowest BCUT2D eigenvalue weighted by atomic mass is 9.96. The van der Waals surface area contributed by atoms with Crippen molar-refractivity contribution in [2.45, 2.75) is 6.92 Å². The molecular weight excluding hydrogens is 364 g/mol. The van der Waals surface area contributed by atoms with Crippen LogP contribution in [0.15, 0.2) is 60.7 Å². The zero-order valence-electron chi connectivity index (χ0n) is 15.3. The number of halogens is 2. The molecule has 0 saturated carbocycles. The molecule has 0 saturated heterocycles. The second kappa shape index (κ2) is 8.00. The summed E-state index contributed by atoms with van der Waals surface area (Å²) in [5.74, 6) is -3.65. The first-order valence-electron chi connectivity index (χ1n) is 8.46. The van der Waals surface area contributed by atoms with Crippen LogP contribution in [0.1, 0.15) is 26.3 Å². The molecule has 0 heterocycles. The number of hydrogen-bond donors (Lipinski definition) is 1. The fourth-order valence-corrected chi connectivity index (χ4v) is 2.92. The molecule has 0 bridgehead atoms. The van der Waals surface area contributed by atoms with Gasteiger partial charge in [-0.3, -0.25) is 4.79 Å². The maximum atomic E-state index is 13.9. The van der Waals surface area contributed by atoms with Crippen molar-refractivity contribution in [3.05, 3.63) is 89.0 Å². The minimum Gasteiger partial charge on any atom is -0.465 e. The van der Waals surface area contributed by atoms with Crippen molar-refractivity contribution in [1.82, 2.24) is 0 Å². The SMILES string of the molecule is COC(=O)c1cc(-c2ccccc2)c(C)cc1NC(=O)c1c(F)cccc1F. The molecule has 1 N–H and O–H groups in total. The number of amides is 1. The van der Waals surface area contributed by atoms with E-state index in [9.17, 15) is 18.4 Å². The lowest BCUT2D eigenvalue weighted by Gasteiger charge is -2.15. The molecule has 3 rings (SSSR count). The van der Waals surface area contributed by atoms with Crippen molar-refractivity contribution in [1.29, 1.82) is 0 Å². The number of hydrogen-bond acceptors (Lipinski definition) is 3. The van der Waals surface area contributed by atoms with Gasteiger partial charge in [-0.05, 0) is 47.9 Å². The molecule has 0 aliphatic rings. The highest BCUT2D eigenvalue weighted by Crippen LogP contribution is 2.30. The largest absolute Gasteiger partial charge is 0.465 e. The summed E-state index contributed by atoms with van der Waals surface area (Å²) < 4.78 is 32.6. The Kier molecular flexibility index (Phi) is 5.49. The molecule has 1 amide bonds. The van der Waals surface area contributed by atoms with E-state index in [1.165, 1.54) is 13.2 Å². The second-order valence-electron chi connectivity index (χ2n) is 6.12. The average Bonchev–Trinajstić information content (AvgIpc) is 2.68. The van der Waals surface area contributed by atoms with Gasteiger partial charge >= 0.3 is 5.97 Å². The zero-order valence-corrected chi connectivity index (χ0v) is 15.3. The van der Waals surface area contributed by atoms with E-state index in [1.807, 2.05) is 37.3 Å². The summed E-state index contributed by atoms with van der Waals surface area (Å²) >= 11 is 0. The number of benzene rings is 3. The Morgan fingerprint density at radius 1 is 0.929 bits per heavy atom. The van der Waals surface area contributed by atoms with Crippen LogP contribution in [0, 0.1) is 18.6 Å². The fraction of sp³-hybridized carbons (Fsp3) is 0.0909. The third kappa shape index (κ3) is 3.76. The zero-order chi connectivity index (χ0) is 20.3. The fourth-order valence-electron chi connectivity index (χ4n) is 2.92. The van der Waals surface area contributed by atoms with E-state index in [-0.39, 0.29) is 11.3 Å². The first-order valence-corrected chi connectivity index (χ1v) is 8.46. The molecule has 0 unspecified atom stereocenters. The Morgan fingerprint density at radius 3 is 2.18 bits per heavy atom. The van der Waals surface area contributed by atoms with E-state index < -0.39 is 29.1 Å². The molecule has 0 radical (unpaired) electrons. The van der Waals surface area contributed by atoms with Gasteiger partial charge in [-0.1, -0.05) is 36.4 Å². The molecule has 0 aromatic heterocycles. The van der Waals surface area contributed by atoms with E-state index in [0.29, 0.717) is 0 Å². The third-order valence-electron chi connectivity index (χ3n) is 4.29. The number of esters is 1. The smallest absolute Gasteiger partial charge is 0.339 e. The number of carbonyl (C=O) groups is 2. The normalized spacial score (nSPS) is 10.4. The number of carbonyl (C=O) groups excluding carboxylic acids is 2. The van der Waals surface area contributed by atoms with Crippen molar-refractivity contribution in [2.24, 2.45) is 0 Å². The predicted octanol–water partition coefficient (Wildman–Crippen LogP) is 4.98. The highest BCUT2D eigenvalue weighted by Gasteiger charge is 2.21. The van der Waals surface area contributed by atoms with E-state index in [2.05, 4.69) is 5.32 Å². The summed E-state index contributed by atoms with van der Waals surface area (Å²) in [7, 11) is 1.21. The van der Waals surface area contributed by atoms with Crippen LogP contribution < -0.4 is 5.32 Å². The van der Waals surface area contributed by atoms with Crippen LogP contribution >= 0.6 is 0 Å². The minimum absolute atomic E-state index is 0.0806. The van der Waals surface area contributed by atoms with Crippen LogP contribution in [0.5, 0.6) is 0 Å². The van der Waals surface area contributed by atoms with Crippen LogP contribution in [0.4, 0.5) is 14.5 Å². The molecule has 28 heavy (non-hydrogen) atoms. The van der Waals surface area contributed by atoms with Gasteiger partial charge < -0.3 is 10.1 Å². The average molecular weight is 381 g/mol. The van der Waals surface area contributed by atoms with Crippen LogP contribution in [0.3, 0.4) is 0 Å². The maximum absolute atomic E-state index is 13.9. The summed E-state index contributed by atoms with van der Waals surface area (Å²) in [4.78, 5) is 24.7. The topological polar surface area (TPSA) is 55.4 Å². The van der Waals surface area contributed by atoms with Crippen molar-refractivity contribution in [2.75, 3.05) is 12.4 Å².